The first-order chi connectivity index (χ1) is 11.6. The van der Waals surface area contributed by atoms with Gasteiger partial charge in [0.25, 0.3) is 0 Å². The van der Waals surface area contributed by atoms with Crippen LogP contribution in [0.3, 0.4) is 0 Å². The van der Waals surface area contributed by atoms with Gasteiger partial charge in [0.05, 0.1) is 6.04 Å². The highest BCUT2D eigenvalue weighted by Crippen LogP contribution is 2.20. The summed E-state index contributed by atoms with van der Waals surface area (Å²) >= 11 is 2.31. The molecule has 2 aromatic carbocycles. The molecule has 1 saturated heterocycles. The number of hydrogen-bond acceptors (Lipinski definition) is 2. The van der Waals surface area contributed by atoms with Crippen LogP contribution in [-0.4, -0.2) is 35.3 Å². The number of rotatable bonds is 5. The second-order valence-electron chi connectivity index (χ2n) is 6.03. The standard InChI is InChI=1S/C19H20INO3/c20-16-7-3-14(4-8-16)12-15-5-9-18(10-6-15)24-13-17-2-1-11-21(17)19(22)23/h3-10,17H,1-2,11-13H2,(H,22,23)/t17-/m1/s1. The lowest BCUT2D eigenvalue weighted by Gasteiger charge is -2.21. The van der Waals surface area contributed by atoms with E-state index in [4.69, 9.17) is 9.84 Å². The molecule has 24 heavy (non-hydrogen) atoms. The number of likely N-dealkylation sites (tertiary alicyclic amines) is 1. The van der Waals surface area contributed by atoms with Gasteiger partial charge in [-0.3, -0.25) is 0 Å². The quantitative estimate of drug-likeness (QED) is 0.706. The monoisotopic (exact) mass is 437 g/mol. The van der Waals surface area contributed by atoms with Crippen molar-refractivity contribution in [1.82, 2.24) is 4.90 Å². The molecule has 1 amide bonds. The minimum Gasteiger partial charge on any atom is -0.491 e. The van der Waals surface area contributed by atoms with Gasteiger partial charge in [-0.25, -0.2) is 4.79 Å². The molecule has 1 fully saturated rings. The molecule has 1 aliphatic heterocycles. The number of nitrogens with zero attached hydrogens (tertiary/aromatic N) is 1. The topological polar surface area (TPSA) is 49.8 Å². The summed E-state index contributed by atoms with van der Waals surface area (Å²) in [6.07, 6.45) is 1.83. The smallest absolute Gasteiger partial charge is 0.407 e. The number of carbonyl (C=O) groups is 1. The molecule has 0 saturated carbocycles. The average Bonchev–Trinajstić information content (AvgIpc) is 3.05. The van der Waals surface area contributed by atoms with E-state index < -0.39 is 6.09 Å². The number of halogens is 1. The van der Waals surface area contributed by atoms with E-state index in [9.17, 15) is 4.79 Å². The SMILES string of the molecule is O=C(O)N1CCC[C@@H]1COc1ccc(Cc2ccc(I)cc2)cc1. The van der Waals surface area contributed by atoms with Gasteiger partial charge in [-0.15, -0.1) is 0 Å². The van der Waals surface area contributed by atoms with Crippen LogP contribution in [0.5, 0.6) is 5.75 Å². The Balaban J connectivity index is 1.54. The molecule has 126 valence electrons. The van der Waals surface area contributed by atoms with E-state index in [-0.39, 0.29) is 6.04 Å². The Morgan fingerprint density at radius 2 is 1.75 bits per heavy atom. The summed E-state index contributed by atoms with van der Waals surface area (Å²) in [7, 11) is 0. The number of ether oxygens (including phenoxy) is 1. The molecule has 4 nitrogen and oxygen atoms in total. The third-order valence-electron chi connectivity index (χ3n) is 4.31. The molecule has 1 atom stereocenters. The van der Waals surface area contributed by atoms with E-state index in [0.29, 0.717) is 13.2 Å². The van der Waals surface area contributed by atoms with Crippen molar-refractivity contribution in [2.45, 2.75) is 25.3 Å². The molecular weight excluding hydrogens is 417 g/mol. The Morgan fingerprint density at radius 1 is 1.12 bits per heavy atom. The molecule has 0 bridgehead atoms. The third kappa shape index (κ3) is 4.41. The highest BCUT2D eigenvalue weighted by atomic mass is 127. The van der Waals surface area contributed by atoms with Crippen LogP contribution in [0.2, 0.25) is 0 Å². The maximum Gasteiger partial charge on any atom is 0.407 e. The summed E-state index contributed by atoms with van der Waals surface area (Å²) in [5.41, 5.74) is 2.52. The van der Waals surface area contributed by atoms with Crippen LogP contribution in [0.15, 0.2) is 48.5 Å². The first kappa shape index (κ1) is 17.1. The van der Waals surface area contributed by atoms with Crippen LogP contribution >= 0.6 is 22.6 Å². The van der Waals surface area contributed by atoms with Crippen molar-refractivity contribution in [2.24, 2.45) is 0 Å². The first-order valence-corrected chi connectivity index (χ1v) is 9.15. The van der Waals surface area contributed by atoms with Gasteiger partial charge in [-0.05, 0) is 77.2 Å². The van der Waals surface area contributed by atoms with Gasteiger partial charge in [0.2, 0.25) is 0 Å². The lowest BCUT2D eigenvalue weighted by Crippen LogP contribution is -2.37. The summed E-state index contributed by atoms with van der Waals surface area (Å²) in [5, 5.41) is 9.14. The zero-order valence-electron chi connectivity index (χ0n) is 13.3. The maximum atomic E-state index is 11.1. The summed E-state index contributed by atoms with van der Waals surface area (Å²) < 4.78 is 7.02. The van der Waals surface area contributed by atoms with Crippen molar-refractivity contribution < 1.29 is 14.6 Å². The van der Waals surface area contributed by atoms with E-state index in [1.165, 1.54) is 19.6 Å². The van der Waals surface area contributed by atoms with Crippen LogP contribution in [-0.2, 0) is 6.42 Å². The molecule has 0 spiro atoms. The van der Waals surface area contributed by atoms with Crippen LogP contribution in [0, 0.1) is 3.57 Å². The van der Waals surface area contributed by atoms with Crippen LogP contribution in [0.4, 0.5) is 4.79 Å². The van der Waals surface area contributed by atoms with E-state index in [1.54, 1.807) is 0 Å². The minimum absolute atomic E-state index is 0.0334. The summed E-state index contributed by atoms with van der Waals surface area (Å²) in [6.45, 7) is 1.03. The number of carboxylic acid groups (broad SMARTS) is 1. The molecule has 1 heterocycles. The lowest BCUT2D eigenvalue weighted by atomic mass is 10.1. The second kappa shape index (κ2) is 7.88. The zero-order valence-corrected chi connectivity index (χ0v) is 15.5. The highest BCUT2D eigenvalue weighted by molar-refractivity contribution is 14.1. The maximum absolute atomic E-state index is 11.1. The summed E-state index contributed by atoms with van der Waals surface area (Å²) in [4.78, 5) is 12.6. The number of hydrogen-bond donors (Lipinski definition) is 1. The Labute approximate surface area is 155 Å². The van der Waals surface area contributed by atoms with E-state index >= 15 is 0 Å². The van der Waals surface area contributed by atoms with Gasteiger partial charge in [0.15, 0.2) is 0 Å². The van der Waals surface area contributed by atoms with Gasteiger partial charge < -0.3 is 14.7 Å². The molecule has 1 N–H and O–H groups in total. The average molecular weight is 437 g/mol. The largest absolute Gasteiger partial charge is 0.491 e. The normalized spacial score (nSPS) is 17.0. The van der Waals surface area contributed by atoms with Crippen molar-refractivity contribution in [3.63, 3.8) is 0 Å². The van der Waals surface area contributed by atoms with Crippen molar-refractivity contribution in [3.8, 4) is 5.75 Å². The van der Waals surface area contributed by atoms with Crippen LogP contribution in [0.1, 0.15) is 24.0 Å². The Hall–Kier alpha value is -1.76. The predicted octanol–water partition coefficient (Wildman–Crippen LogP) is 4.40. The van der Waals surface area contributed by atoms with Crippen LogP contribution in [0.25, 0.3) is 0 Å². The summed E-state index contributed by atoms with van der Waals surface area (Å²) in [5.74, 6) is 0.790. The first-order valence-electron chi connectivity index (χ1n) is 8.07. The van der Waals surface area contributed by atoms with Gasteiger partial charge in [0, 0.05) is 10.1 Å². The fourth-order valence-corrected chi connectivity index (χ4v) is 3.35. The number of amides is 1. The van der Waals surface area contributed by atoms with E-state index in [1.807, 2.05) is 12.1 Å². The number of benzene rings is 2. The molecule has 3 rings (SSSR count). The van der Waals surface area contributed by atoms with Gasteiger partial charge >= 0.3 is 6.09 Å². The Kier molecular flexibility index (Phi) is 5.60. The van der Waals surface area contributed by atoms with Crippen molar-refractivity contribution >= 4 is 28.7 Å². The van der Waals surface area contributed by atoms with Crippen molar-refractivity contribution in [2.75, 3.05) is 13.2 Å². The third-order valence-corrected chi connectivity index (χ3v) is 5.03. The molecule has 2 aromatic rings. The van der Waals surface area contributed by atoms with E-state index in [2.05, 4.69) is 59.0 Å². The fourth-order valence-electron chi connectivity index (χ4n) is 2.99. The van der Waals surface area contributed by atoms with Gasteiger partial charge in [-0.1, -0.05) is 24.3 Å². The van der Waals surface area contributed by atoms with Crippen molar-refractivity contribution in [3.05, 3.63) is 63.2 Å². The van der Waals surface area contributed by atoms with Gasteiger partial charge in [0.1, 0.15) is 12.4 Å². The molecular formula is C19H20INO3. The molecule has 1 aliphatic rings. The molecule has 5 heteroatoms. The minimum atomic E-state index is -0.853. The van der Waals surface area contributed by atoms with Crippen LogP contribution < -0.4 is 4.74 Å². The molecule has 0 radical (unpaired) electrons. The zero-order chi connectivity index (χ0) is 16.9. The second-order valence-corrected chi connectivity index (χ2v) is 7.28. The lowest BCUT2D eigenvalue weighted by molar-refractivity contribution is 0.123. The Morgan fingerprint density at radius 3 is 2.38 bits per heavy atom. The molecule has 0 aliphatic carbocycles. The molecule has 0 unspecified atom stereocenters. The highest BCUT2D eigenvalue weighted by Gasteiger charge is 2.28. The van der Waals surface area contributed by atoms with Crippen molar-refractivity contribution in [1.29, 1.82) is 0 Å². The summed E-state index contributed by atoms with van der Waals surface area (Å²) in [6, 6.07) is 16.5. The molecule has 0 aromatic heterocycles. The van der Waals surface area contributed by atoms with E-state index in [0.717, 1.165) is 25.0 Å². The fraction of sp³-hybridized carbons (Fsp3) is 0.316. The Bertz CT molecular complexity index is 685. The predicted molar refractivity (Wildman–Crippen MR) is 102 cm³/mol. The van der Waals surface area contributed by atoms with Gasteiger partial charge in [-0.2, -0.15) is 0 Å².